The zero-order valence-corrected chi connectivity index (χ0v) is 13.9. The second kappa shape index (κ2) is 5.34. The SMILES string of the molecule is C=CC[C@@]1(O[Si](C)(C)C(C)(C)C)CCC[C@@H]1C=C. The molecule has 1 nitrogen and oxygen atoms in total. The van der Waals surface area contributed by atoms with Crippen molar-refractivity contribution in [3.05, 3.63) is 25.3 Å². The summed E-state index contributed by atoms with van der Waals surface area (Å²) in [4.78, 5) is 0. The second-order valence-electron chi connectivity index (χ2n) is 7.15. The summed E-state index contributed by atoms with van der Waals surface area (Å²) in [6.07, 6.45) is 8.70. The number of rotatable bonds is 5. The van der Waals surface area contributed by atoms with E-state index in [2.05, 4.69) is 53.1 Å². The zero-order valence-electron chi connectivity index (χ0n) is 12.9. The van der Waals surface area contributed by atoms with Crippen LogP contribution < -0.4 is 0 Å². The van der Waals surface area contributed by atoms with Gasteiger partial charge in [0.1, 0.15) is 0 Å². The van der Waals surface area contributed by atoms with Crippen LogP contribution in [0.3, 0.4) is 0 Å². The van der Waals surface area contributed by atoms with Gasteiger partial charge >= 0.3 is 0 Å². The van der Waals surface area contributed by atoms with Gasteiger partial charge in [-0.2, -0.15) is 0 Å². The van der Waals surface area contributed by atoms with Gasteiger partial charge in [0.2, 0.25) is 0 Å². The van der Waals surface area contributed by atoms with Crippen LogP contribution in [0.5, 0.6) is 0 Å². The number of hydrogen-bond donors (Lipinski definition) is 0. The molecule has 0 aromatic carbocycles. The van der Waals surface area contributed by atoms with Crippen molar-refractivity contribution in [1.29, 1.82) is 0 Å². The van der Waals surface area contributed by atoms with E-state index in [0.29, 0.717) is 5.92 Å². The van der Waals surface area contributed by atoms with E-state index >= 15 is 0 Å². The van der Waals surface area contributed by atoms with Crippen LogP contribution in [0.4, 0.5) is 0 Å². The van der Waals surface area contributed by atoms with Gasteiger partial charge in [0.15, 0.2) is 8.32 Å². The Hall–Kier alpha value is -0.343. The van der Waals surface area contributed by atoms with Crippen molar-refractivity contribution in [2.45, 2.75) is 70.2 Å². The molecule has 104 valence electrons. The van der Waals surface area contributed by atoms with Crippen molar-refractivity contribution in [3.63, 3.8) is 0 Å². The normalized spacial score (nSPS) is 29.3. The van der Waals surface area contributed by atoms with E-state index in [4.69, 9.17) is 4.43 Å². The average Bonchev–Trinajstić information content (AvgIpc) is 2.58. The first-order chi connectivity index (χ1) is 8.18. The predicted octanol–water partition coefficient (Wildman–Crippen LogP) is 5.31. The van der Waals surface area contributed by atoms with Crippen LogP contribution in [-0.4, -0.2) is 13.9 Å². The van der Waals surface area contributed by atoms with Crippen LogP contribution >= 0.6 is 0 Å². The van der Waals surface area contributed by atoms with Gasteiger partial charge in [0.25, 0.3) is 0 Å². The summed E-state index contributed by atoms with van der Waals surface area (Å²) in [5, 5.41) is 0.259. The molecule has 1 rings (SSSR count). The van der Waals surface area contributed by atoms with Gasteiger partial charge in [0, 0.05) is 5.92 Å². The Morgan fingerprint density at radius 2 is 1.94 bits per heavy atom. The lowest BCUT2D eigenvalue weighted by Crippen LogP contribution is -2.51. The lowest BCUT2D eigenvalue weighted by atomic mass is 9.88. The summed E-state index contributed by atoms with van der Waals surface area (Å²) >= 11 is 0. The smallest absolute Gasteiger partial charge is 0.192 e. The van der Waals surface area contributed by atoms with E-state index in [1.165, 1.54) is 12.8 Å². The Morgan fingerprint density at radius 1 is 1.33 bits per heavy atom. The molecule has 2 heteroatoms. The molecule has 0 N–H and O–H groups in total. The van der Waals surface area contributed by atoms with Crippen LogP contribution in [0.15, 0.2) is 25.3 Å². The van der Waals surface area contributed by atoms with E-state index in [9.17, 15) is 0 Å². The largest absolute Gasteiger partial charge is 0.410 e. The Balaban J connectivity index is 3.00. The average molecular weight is 267 g/mol. The summed E-state index contributed by atoms with van der Waals surface area (Å²) in [5.41, 5.74) is -0.0213. The molecular formula is C16H30OSi. The minimum absolute atomic E-state index is 0.0213. The zero-order chi connectivity index (χ0) is 14.0. The first-order valence-electron chi connectivity index (χ1n) is 7.12. The van der Waals surface area contributed by atoms with Gasteiger partial charge in [-0.05, 0) is 43.8 Å². The first-order valence-corrected chi connectivity index (χ1v) is 10.0. The Kier molecular flexibility index (Phi) is 4.66. The quantitative estimate of drug-likeness (QED) is 0.484. The maximum absolute atomic E-state index is 6.79. The van der Waals surface area contributed by atoms with Gasteiger partial charge in [-0.15, -0.1) is 13.2 Å². The van der Waals surface area contributed by atoms with Crippen molar-refractivity contribution in [2.75, 3.05) is 0 Å². The Morgan fingerprint density at radius 3 is 2.39 bits per heavy atom. The highest BCUT2D eigenvalue weighted by Gasteiger charge is 2.48. The van der Waals surface area contributed by atoms with Crippen molar-refractivity contribution < 1.29 is 4.43 Å². The Labute approximate surface area is 114 Å². The fraction of sp³-hybridized carbons (Fsp3) is 0.750. The summed E-state index contributed by atoms with van der Waals surface area (Å²) in [7, 11) is -1.73. The molecule has 2 atom stereocenters. The van der Waals surface area contributed by atoms with Crippen molar-refractivity contribution in [3.8, 4) is 0 Å². The highest BCUT2D eigenvalue weighted by molar-refractivity contribution is 6.74. The van der Waals surface area contributed by atoms with Gasteiger partial charge in [-0.1, -0.05) is 32.9 Å². The third kappa shape index (κ3) is 2.97. The van der Waals surface area contributed by atoms with E-state index < -0.39 is 8.32 Å². The van der Waals surface area contributed by atoms with Crippen LogP contribution in [0, 0.1) is 5.92 Å². The van der Waals surface area contributed by atoms with Gasteiger partial charge in [-0.25, -0.2) is 0 Å². The monoisotopic (exact) mass is 266 g/mol. The summed E-state index contributed by atoms with van der Waals surface area (Å²) in [6, 6.07) is 0. The maximum Gasteiger partial charge on any atom is 0.192 e. The second-order valence-corrected chi connectivity index (χ2v) is 11.9. The van der Waals surface area contributed by atoms with Crippen molar-refractivity contribution in [1.82, 2.24) is 0 Å². The van der Waals surface area contributed by atoms with Gasteiger partial charge < -0.3 is 4.43 Å². The minimum atomic E-state index is -1.73. The van der Waals surface area contributed by atoms with E-state index in [0.717, 1.165) is 12.8 Å². The van der Waals surface area contributed by atoms with Crippen LogP contribution in [-0.2, 0) is 4.43 Å². The van der Waals surface area contributed by atoms with E-state index in [-0.39, 0.29) is 10.6 Å². The summed E-state index contributed by atoms with van der Waals surface area (Å²) < 4.78 is 6.79. The minimum Gasteiger partial charge on any atom is -0.410 e. The van der Waals surface area contributed by atoms with Crippen LogP contribution in [0.1, 0.15) is 46.5 Å². The molecule has 0 spiro atoms. The molecule has 1 saturated carbocycles. The predicted molar refractivity (Wildman–Crippen MR) is 83.4 cm³/mol. The fourth-order valence-electron chi connectivity index (χ4n) is 2.73. The van der Waals surface area contributed by atoms with Gasteiger partial charge in [0.05, 0.1) is 5.60 Å². The molecule has 18 heavy (non-hydrogen) atoms. The standard InChI is InChI=1S/C16H30OSi/c1-8-12-16(13-10-11-14(16)9-2)17-18(6,7)15(3,4)5/h8-9,14H,1-2,10-13H2,3-7H3/t14-,16+/m0/s1. The third-order valence-electron chi connectivity index (χ3n) is 4.83. The molecule has 0 radical (unpaired) electrons. The van der Waals surface area contributed by atoms with E-state index in [1.54, 1.807) is 0 Å². The first kappa shape index (κ1) is 15.7. The molecule has 0 bridgehead atoms. The lowest BCUT2D eigenvalue weighted by molar-refractivity contribution is 0.0351. The lowest BCUT2D eigenvalue weighted by Gasteiger charge is -2.46. The molecule has 0 aromatic heterocycles. The third-order valence-corrected chi connectivity index (χ3v) is 9.36. The number of hydrogen-bond acceptors (Lipinski definition) is 1. The molecule has 1 fully saturated rings. The molecule has 1 aliphatic carbocycles. The highest BCUT2D eigenvalue weighted by Crippen LogP contribution is 2.48. The van der Waals surface area contributed by atoms with Gasteiger partial charge in [-0.3, -0.25) is 0 Å². The van der Waals surface area contributed by atoms with Crippen molar-refractivity contribution >= 4 is 8.32 Å². The molecular weight excluding hydrogens is 236 g/mol. The Bertz CT molecular complexity index is 314. The molecule has 1 aliphatic rings. The fourth-order valence-corrected chi connectivity index (χ4v) is 4.39. The van der Waals surface area contributed by atoms with Crippen LogP contribution in [0.2, 0.25) is 18.1 Å². The van der Waals surface area contributed by atoms with E-state index in [1.807, 2.05) is 6.08 Å². The molecule has 0 heterocycles. The summed E-state index contributed by atoms with van der Waals surface area (Å²) in [6.45, 7) is 19.5. The molecule has 0 saturated heterocycles. The maximum atomic E-state index is 6.79. The molecule has 0 unspecified atom stereocenters. The topological polar surface area (TPSA) is 9.23 Å². The molecule has 0 aromatic rings. The molecule has 0 amide bonds. The highest BCUT2D eigenvalue weighted by atomic mass is 28.4. The van der Waals surface area contributed by atoms with Crippen molar-refractivity contribution in [2.24, 2.45) is 5.92 Å². The molecule has 0 aliphatic heterocycles. The summed E-state index contributed by atoms with van der Waals surface area (Å²) in [5.74, 6) is 0.490. The van der Waals surface area contributed by atoms with Crippen LogP contribution in [0.25, 0.3) is 0 Å².